The molecule has 0 unspecified atom stereocenters. The van der Waals surface area contributed by atoms with Crippen LogP contribution in [-0.4, -0.2) is 47.8 Å². The maximum atomic E-state index is 10.4. The maximum Gasteiger partial charge on any atom is 0.363 e. The fraction of sp³-hybridized carbons (Fsp3) is 0.0612. The molecular formula is C49H46BrIN12O6Si. The van der Waals surface area contributed by atoms with Crippen molar-refractivity contribution in [2.45, 2.75) is 19.6 Å². The van der Waals surface area contributed by atoms with Gasteiger partial charge in [0, 0.05) is 45.4 Å². The lowest BCUT2D eigenvalue weighted by Crippen LogP contribution is -2.16. The number of nitro groups is 2. The first-order valence-corrected chi connectivity index (χ1v) is 25.6. The Hall–Kier alpha value is -8.51. The molecule has 0 saturated carbocycles. The molecule has 0 fully saturated rings. The van der Waals surface area contributed by atoms with Gasteiger partial charge in [-0.05, 0) is 143 Å². The average molecular weight is 1130 g/mol. The van der Waals surface area contributed by atoms with Crippen LogP contribution < -0.4 is 32.4 Å². The predicted octanol–water partition coefficient (Wildman–Crippen LogP) is 10.8. The highest BCUT2D eigenvalue weighted by atomic mass is 127. The summed E-state index contributed by atoms with van der Waals surface area (Å²) in [5, 5.41) is 20.4. The first-order valence-electron chi connectivity index (χ1n) is 20.2. The third kappa shape index (κ3) is 24.3. The van der Waals surface area contributed by atoms with E-state index in [2.05, 4.69) is 105 Å². The van der Waals surface area contributed by atoms with Crippen LogP contribution in [0.25, 0.3) is 0 Å². The van der Waals surface area contributed by atoms with E-state index in [0.29, 0.717) is 40.5 Å². The number of ether oxygens (including phenoxy) is 2. The zero-order chi connectivity index (χ0) is 51.3. The third-order valence-corrected chi connectivity index (χ3v) is 9.58. The number of benzene rings is 2. The normalized spacial score (nSPS) is 9.54. The van der Waals surface area contributed by atoms with Gasteiger partial charge in [-0.3, -0.25) is 0 Å². The van der Waals surface area contributed by atoms with Crippen molar-refractivity contribution in [1.82, 2.24) is 29.9 Å². The molecule has 0 atom stereocenters. The number of terminal acetylenes is 1. The molecule has 8 N–H and O–H groups in total. The minimum atomic E-state index is -1.27. The molecule has 0 aliphatic heterocycles. The van der Waals surface area contributed by atoms with Gasteiger partial charge >= 0.3 is 11.6 Å². The smallest absolute Gasteiger partial charge is 0.363 e. The van der Waals surface area contributed by atoms with Crippen molar-refractivity contribution in [3.63, 3.8) is 0 Å². The zero-order valence-electron chi connectivity index (χ0n) is 37.8. The molecule has 2 aromatic carbocycles. The summed E-state index contributed by atoms with van der Waals surface area (Å²) in [6.07, 6.45) is 14.4. The van der Waals surface area contributed by atoms with Gasteiger partial charge in [0.1, 0.15) is 48.6 Å². The third-order valence-electron chi connectivity index (χ3n) is 7.60. The second-order valence-electron chi connectivity index (χ2n) is 14.4. The molecule has 0 spiro atoms. The molecule has 0 amide bonds. The minimum absolute atomic E-state index is 0.136. The van der Waals surface area contributed by atoms with Crippen LogP contribution in [0.5, 0.6) is 23.0 Å². The number of rotatable bonds is 6. The maximum absolute atomic E-state index is 10.4. The molecule has 0 bridgehead atoms. The summed E-state index contributed by atoms with van der Waals surface area (Å²) in [5.74, 6) is 9.92. The van der Waals surface area contributed by atoms with Gasteiger partial charge in [0.2, 0.25) is 0 Å². The summed E-state index contributed by atoms with van der Waals surface area (Å²) in [6.45, 7) is 6.64. The topological polar surface area (TPSA) is 286 Å². The number of aromatic nitrogens is 6. The Morgan fingerprint density at radius 1 is 0.529 bits per heavy atom. The Morgan fingerprint density at radius 3 is 1.29 bits per heavy atom. The Balaban J connectivity index is 0.000000226. The van der Waals surface area contributed by atoms with Crippen LogP contribution in [0.1, 0.15) is 11.1 Å². The van der Waals surface area contributed by atoms with Gasteiger partial charge in [0.05, 0.1) is 10.7 Å². The largest absolute Gasteiger partial charge is 0.456 e. The lowest BCUT2D eigenvalue weighted by Gasteiger charge is -2.04. The summed E-state index contributed by atoms with van der Waals surface area (Å²) in [6, 6.07) is 38.7. The SMILES string of the molecule is C#Cc1ccc(N)nc1.C[Si](C)(C)C#Cc1ccc(N)nc1.Nc1ccc(I)cn1.Nc1ccc(Oc2ccccc2)cn1.O=[N+]([O-])c1ccc(Br)cn1.O=[N+]([O-])c1ccc(Oc2ccccc2)cn1. The molecule has 356 valence electrons. The number of nitrogen functional groups attached to an aromatic ring is 4. The van der Waals surface area contributed by atoms with Crippen LogP contribution in [-0.2, 0) is 0 Å². The van der Waals surface area contributed by atoms with E-state index < -0.39 is 17.9 Å². The van der Waals surface area contributed by atoms with Crippen molar-refractivity contribution >= 4 is 81.5 Å². The number of hydrogen-bond acceptors (Lipinski definition) is 16. The Bertz CT molecular complexity index is 2890. The summed E-state index contributed by atoms with van der Waals surface area (Å²) in [4.78, 5) is 42.0. The standard InChI is InChI=1S/C11H8N2O3.C11H10N2O.C10H14N2Si.C7H6N2.C5H3BrN2O2.C5H5IN2/c14-13(15)11-7-6-10(8-12-11)16-9-4-2-1-3-5-9;12-11-7-6-10(8-13-11)14-9-4-2-1-3-5-9;1-13(2,3)7-6-9-4-5-10(11)12-8-9;1-2-6-3-4-7(8)9-5-6;6-4-1-2-5(7-3-4)8(9)10;6-4-1-2-5(7)8-3-4/h1-8H;1-8H,(H2,12,13);4-5,8H,1-3H3,(H2,11,12);1,3-5H,(H2,8,9);1-3H;1-3H,(H2,7,8). The number of para-hydroxylation sites is 2. The Labute approximate surface area is 427 Å². The molecule has 0 saturated heterocycles. The van der Waals surface area contributed by atoms with E-state index in [1.54, 1.807) is 79.4 Å². The number of nitrogens with two attached hydrogens (primary N) is 4. The summed E-state index contributed by atoms with van der Waals surface area (Å²) >= 11 is 5.29. The van der Waals surface area contributed by atoms with Crippen molar-refractivity contribution in [3.05, 3.63) is 210 Å². The van der Waals surface area contributed by atoms with Crippen molar-refractivity contribution < 1.29 is 19.3 Å². The first kappa shape index (κ1) is 55.8. The van der Waals surface area contributed by atoms with E-state index in [9.17, 15) is 20.2 Å². The first-order chi connectivity index (χ1) is 33.4. The van der Waals surface area contributed by atoms with Crippen LogP contribution in [0, 0.1) is 47.6 Å². The highest BCUT2D eigenvalue weighted by Crippen LogP contribution is 2.22. The van der Waals surface area contributed by atoms with Crippen molar-refractivity contribution in [2.24, 2.45) is 0 Å². The summed E-state index contributed by atoms with van der Waals surface area (Å²) in [7, 11) is -1.27. The van der Waals surface area contributed by atoms with Crippen LogP contribution in [0.15, 0.2) is 175 Å². The van der Waals surface area contributed by atoms with Crippen molar-refractivity contribution in [2.75, 3.05) is 22.9 Å². The lowest BCUT2D eigenvalue weighted by molar-refractivity contribution is -0.389. The number of nitrogens with zero attached hydrogens (tertiary/aromatic N) is 8. The van der Waals surface area contributed by atoms with E-state index in [1.807, 2.05) is 60.7 Å². The number of anilines is 4. The van der Waals surface area contributed by atoms with E-state index >= 15 is 0 Å². The van der Waals surface area contributed by atoms with E-state index in [0.717, 1.165) is 24.9 Å². The number of pyridine rings is 6. The second-order valence-corrected chi connectivity index (χ2v) is 21.4. The molecule has 8 aromatic rings. The molecular weight excluding hydrogens is 1090 g/mol. The molecule has 8 rings (SSSR count). The molecule has 21 heteroatoms. The van der Waals surface area contributed by atoms with E-state index in [4.69, 9.17) is 38.8 Å². The van der Waals surface area contributed by atoms with E-state index in [-0.39, 0.29) is 11.6 Å². The molecule has 0 aliphatic carbocycles. The molecule has 6 heterocycles. The molecule has 0 radical (unpaired) electrons. The predicted molar refractivity (Wildman–Crippen MR) is 288 cm³/mol. The average Bonchev–Trinajstić information content (AvgIpc) is 3.35. The monoisotopic (exact) mass is 1130 g/mol. The fourth-order valence-corrected chi connectivity index (χ4v) is 5.41. The Kier molecular flexibility index (Phi) is 23.9. The highest BCUT2D eigenvalue weighted by Gasteiger charge is 2.08. The van der Waals surface area contributed by atoms with Crippen molar-refractivity contribution in [1.29, 1.82) is 0 Å². The summed E-state index contributed by atoms with van der Waals surface area (Å²) < 4.78 is 12.8. The lowest BCUT2D eigenvalue weighted by atomic mass is 10.3. The van der Waals surface area contributed by atoms with Crippen LogP contribution in [0.2, 0.25) is 19.6 Å². The number of halogens is 2. The minimum Gasteiger partial charge on any atom is -0.456 e. The van der Waals surface area contributed by atoms with E-state index in [1.165, 1.54) is 30.6 Å². The van der Waals surface area contributed by atoms with Gasteiger partial charge in [-0.15, -0.1) is 12.0 Å². The molecule has 70 heavy (non-hydrogen) atoms. The van der Waals surface area contributed by atoms with Crippen LogP contribution in [0.4, 0.5) is 34.9 Å². The molecule has 18 nitrogen and oxygen atoms in total. The quantitative estimate of drug-likeness (QED) is 0.0396. The zero-order valence-corrected chi connectivity index (χ0v) is 42.6. The van der Waals surface area contributed by atoms with Gasteiger partial charge in [-0.2, -0.15) is 0 Å². The Morgan fingerprint density at radius 2 is 0.943 bits per heavy atom. The van der Waals surface area contributed by atoms with Crippen molar-refractivity contribution in [3.8, 4) is 46.8 Å². The number of hydrogen-bond donors (Lipinski definition) is 4. The molecule has 6 aromatic heterocycles. The fourth-order valence-electron chi connectivity index (χ4n) is 4.34. The van der Waals surface area contributed by atoms with Gasteiger partial charge in [-0.25, -0.2) is 19.9 Å². The molecule has 0 aliphatic rings. The van der Waals surface area contributed by atoms with Crippen LogP contribution in [0.3, 0.4) is 0 Å². The highest BCUT2D eigenvalue weighted by molar-refractivity contribution is 14.1. The van der Waals surface area contributed by atoms with Crippen LogP contribution >= 0.6 is 38.5 Å². The van der Waals surface area contributed by atoms with Gasteiger partial charge in [0.25, 0.3) is 0 Å². The van der Waals surface area contributed by atoms with Gasteiger partial charge in [-0.1, -0.05) is 67.9 Å². The second kappa shape index (κ2) is 30.0. The van der Waals surface area contributed by atoms with Gasteiger partial charge < -0.3 is 52.6 Å². The van der Waals surface area contributed by atoms with Gasteiger partial charge in [0.15, 0.2) is 18.1 Å². The summed E-state index contributed by atoms with van der Waals surface area (Å²) in [5.41, 5.74) is 26.5.